The molecule has 1 N–H and O–H groups in total. The SMILES string of the molecule is C[C@H](C(=O)NCCCn1ccnc1)N1CC[C@]2(CCC1=O)CC(=O)c1ccccc1O2. The summed E-state index contributed by atoms with van der Waals surface area (Å²) in [5.74, 6) is 0.392. The number of aromatic nitrogens is 2. The van der Waals surface area contributed by atoms with E-state index < -0.39 is 11.6 Å². The van der Waals surface area contributed by atoms with Crippen LogP contribution in [0.25, 0.3) is 0 Å². The summed E-state index contributed by atoms with van der Waals surface area (Å²) >= 11 is 0. The summed E-state index contributed by atoms with van der Waals surface area (Å²) in [6, 6.07) is 6.68. The van der Waals surface area contributed by atoms with Gasteiger partial charge in [0.1, 0.15) is 17.4 Å². The molecule has 2 aliphatic heterocycles. The fourth-order valence-electron chi connectivity index (χ4n) is 4.37. The molecule has 0 aliphatic carbocycles. The molecular weight excluding hydrogens is 396 g/mol. The third-order valence-corrected chi connectivity index (χ3v) is 6.22. The van der Waals surface area contributed by atoms with Gasteiger partial charge in [-0.05, 0) is 31.9 Å². The molecule has 31 heavy (non-hydrogen) atoms. The van der Waals surface area contributed by atoms with E-state index in [9.17, 15) is 14.4 Å². The minimum atomic E-state index is -0.684. The van der Waals surface area contributed by atoms with Gasteiger partial charge in [0.2, 0.25) is 11.8 Å². The molecule has 0 bridgehead atoms. The quantitative estimate of drug-likeness (QED) is 0.718. The summed E-state index contributed by atoms with van der Waals surface area (Å²) < 4.78 is 8.21. The lowest BCUT2D eigenvalue weighted by molar-refractivity contribution is -0.139. The number of fused-ring (bicyclic) bond motifs is 1. The van der Waals surface area contributed by atoms with Gasteiger partial charge in [-0.3, -0.25) is 14.4 Å². The highest BCUT2D eigenvalue weighted by atomic mass is 16.5. The highest BCUT2D eigenvalue weighted by Crippen LogP contribution is 2.39. The first kappa shape index (κ1) is 21.1. The molecule has 3 heterocycles. The van der Waals surface area contributed by atoms with E-state index >= 15 is 0 Å². The van der Waals surface area contributed by atoms with Crippen LogP contribution in [0.1, 0.15) is 49.4 Å². The van der Waals surface area contributed by atoms with Gasteiger partial charge in [-0.1, -0.05) is 12.1 Å². The van der Waals surface area contributed by atoms with Crippen LogP contribution in [0, 0.1) is 0 Å². The van der Waals surface area contributed by atoms with Gasteiger partial charge in [0.25, 0.3) is 0 Å². The van der Waals surface area contributed by atoms with Gasteiger partial charge < -0.3 is 19.5 Å². The molecule has 0 saturated carbocycles. The van der Waals surface area contributed by atoms with Crippen molar-refractivity contribution in [1.29, 1.82) is 0 Å². The third-order valence-electron chi connectivity index (χ3n) is 6.22. The van der Waals surface area contributed by atoms with Crippen molar-refractivity contribution < 1.29 is 19.1 Å². The number of benzene rings is 1. The van der Waals surface area contributed by atoms with Gasteiger partial charge in [0.05, 0.1) is 18.3 Å². The highest BCUT2D eigenvalue weighted by Gasteiger charge is 2.44. The van der Waals surface area contributed by atoms with E-state index in [1.807, 2.05) is 22.9 Å². The van der Waals surface area contributed by atoms with Crippen LogP contribution in [-0.2, 0) is 16.1 Å². The zero-order valence-electron chi connectivity index (χ0n) is 17.8. The fraction of sp³-hybridized carbons (Fsp3) is 0.478. The van der Waals surface area contributed by atoms with Crippen LogP contribution in [-0.4, -0.2) is 56.8 Å². The molecule has 0 radical (unpaired) electrons. The maximum atomic E-state index is 12.8. The second kappa shape index (κ2) is 8.91. The monoisotopic (exact) mass is 424 g/mol. The van der Waals surface area contributed by atoms with Crippen LogP contribution in [0.15, 0.2) is 43.0 Å². The molecule has 4 rings (SSSR count). The molecule has 1 saturated heterocycles. The molecular formula is C23H28N4O4. The van der Waals surface area contributed by atoms with Crippen molar-refractivity contribution >= 4 is 17.6 Å². The van der Waals surface area contributed by atoms with Gasteiger partial charge in [-0.2, -0.15) is 0 Å². The summed E-state index contributed by atoms with van der Waals surface area (Å²) in [4.78, 5) is 43.7. The molecule has 2 aliphatic rings. The topological polar surface area (TPSA) is 93.5 Å². The Hall–Kier alpha value is -3.16. The minimum Gasteiger partial charge on any atom is -0.486 e. The number of likely N-dealkylation sites (tertiary alicyclic amines) is 1. The lowest BCUT2D eigenvalue weighted by atomic mass is 9.84. The van der Waals surface area contributed by atoms with E-state index in [4.69, 9.17) is 4.74 Å². The van der Waals surface area contributed by atoms with Crippen molar-refractivity contribution in [2.45, 2.75) is 57.2 Å². The van der Waals surface area contributed by atoms with Crippen molar-refractivity contribution in [3.8, 4) is 5.75 Å². The number of imidazole rings is 1. The third kappa shape index (κ3) is 4.62. The standard InChI is InChI=1S/C23H28N4O4/c1-17(22(30)25-10-4-12-26-14-11-24-16-26)27-13-9-23(8-7-21(27)29)15-19(28)18-5-2-3-6-20(18)31-23/h2-3,5-6,11,14,16-17H,4,7-10,12-13,15H2,1H3,(H,25,30)/t17-,23-/m1/s1. The maximum absolute atomic E-state index is 12.8. The van der Waals surface area contributed by atoms with E-state index in [-0.39, 0.29) is 30.4 Å². The summed E-state index contributed by atoms with van der Waals surface area (Å²) in [6.07, 6.45) is 7.65. The van der Waals surface area contributed by atoms with E-state index in [0.717, 1.165) is 13.0 Å². The van der Waals surface area contributed by atoms with E-state index in [0.29, 0.717) is 37.2 Å². The van der Waals surface area contributed by atoms with Crippen molar-refractivity contribution in [2.75, 3.05) is 13.1 Å². The van der Waals surface area contributed by atoms with Crippen molar-refractivity contribution in [3.63, 3.8) is 0 Å². The van der Waals surface area contributed by atoms with Gasteiger partial charge >= 0.3 is 0 Å². The molecule has 2 amide bonds. The second-order valence-electron chi connectivity index (χ2n) is 8.34. The second-order valence-corrected chi connectivity index (χ2v) is 8.34. The van der Waals surface area contributed by atoms with Gasteiger partial charge in [0.15, 0.2) is 5.78 Å². The van der Waals surface area contributed by atoms with Crippen molar-refractivity contribution in [1.82, 2.24) is 19.8 Å². The number of para-hydroxylation sites is 1. The zero-order chi connectivity index (χ0) is 21.8. The van der Waals surface area contributed by atoms with Crippen LogP contribution in [0.2, 0.25) is 0 Å². The predicted molar refractivity (Wildman–Crippen MR) is 114 cm³/mol. The van der Waals surface area contributed by atoms with E-state index in [1.54, 1.807) is 36.5 Å². The first-order valence-electron chi connectivity index (χ1n) is 10.8. The van der Waals surface area contributed by atoms with Crippen molar-refractivity contribution in [2.24, 2.45) is 0 Å². The molecule has 1 spiro atoms. The molecule has 8 heteroatoms. The number of aryl methyl sites for hydroxylation is 1. The number of rotatable bonds is 6. The van der Waals surface area contributed by atoms with E-state index in [1.165, 1.54) is 0 Å². The predicted octanol–water partition coefficient (Wildman–Crippen LogP) is 2.19. The molecule has 2 aromatic rings. The van der Waals surface area contributed by atoms with Gasteiger partial charge in [-0.15, -0.1) is 0 Å². The molecule has 1 aromatic carbocycles. The Morgan fingerprint density at radius 2 is 2.13 bits per heavy atom. The normalized spacial score (nSPS) is 21.9. The maximum Gasteiger partial charge on any atom is 0.242 e. The number of ether oxygens (including phenoxy) is 1. The number of nitrogens with one attached hydrogen (secondary N) is 1. The molecule has 1 fully saturated rings. The Labute approximate surface area is 181 Å². The number of Topliss-reactive ketones (excluding diaryl/α,β-unsaturated/α-hetero) is 1. The average molecular weight is 425 g/mol. The summed E-state index contributed by atoms with van der Waals surface area (Å²) in [5, 5.41) is 2.92. The Morgan fingerprint density at radius 3 is 2.94 bits per heavy atom. The zero-order valence-corrected chi connectivity index (χ0v) is 17.8. The largest absolute Gasteiger partial charge is 0.486 e. The number of ketones is 1. The molecule has 2 atom stereocenters. The van der Waals surface area contributed by atoms with Crippen LogP contribution in [0.4, 0.5) is 0 Å². The number of carbonyl (C=O) groups is 3. The van der Waals surface area contributed by atoms with Crippen LogP contribution < -0.4 is 10.1 Å². The Kier molecular flexibility index (Phi) is 6.06. The summed E-state index contributed by atoms with van der Waals surface area (Å²) in [5.41, 5.74) is -0.0828. The van der Waals surface area contributed by atoms with Gasteiger partial charge in [0, 0.05) is 44.9 Å². The lowest BCUT2D eigenvalue weighted by Crippen LogP contribution is -2.48. The summed E-state index contributed by atoms with van der Waals surface area (Å²) in [6.45, 7) is 3.44. The first-order chi connectivity index (χ1) is 15.0. The Bertz CT molecular complexity index is 958. The van der Waals surface area contributed by atoms with E-state index in [2.05, 4.69) is 10.3 Å². The molecule has 0 unspecified atom stereocenters. The molecule has 1 aromatic heterocycles. The summed E-state index contributed by atoms with van der Waals surface area (Å²) in [7, 11) is 0. The molecule has 164 valence electrons. The first-order valence-corrected chi connectivity index (χ1v) is 10.8. The minimum absolute atomic E-state index is 0.0476. The number of amides is 2. The van der Waals surface area contributed by atoms with Crippen LogP contribution >= 0.6 is 0 Å². The Balaban J connectivity index is 1.34. The highest BCUT2D eigenvalue weighted by molar-refractivity contribution is 6.00. The number of carbonyl (C=O) groups excluding carboxylic acids is 3. The van der Waals surface area contributed by atoms with Gasteiger partial charge in [-0.25, -0.2) is 4.98 Å². The number of hydrogen-bond donors (Lipinski definition) is 1. The number of nitrogens with zero attached hydrogens (tertiary/aromatic N) is 3. The van der Waals surface area contributed by atoms with Crippen LogP contribution in [0.5, 0.6) is 5.75 Å². The average Bonchev–Trinajstić information content (AvgIpc) is 3.23. The Morgan fingerprint density at radius 1 is 1.29 bits per heavy atom. The number of hydrogen-bond acceptors (Lipinski definition) is 5. The smallest absolute Gasteiger partial charge is 0.242 e. The molecule has 8 nitrogen and oxygen atoms in total. The van der Waals surface area contributed by atoms with Crippen LogP contribution in [0.3, 0.4) is 0 Å². The fourth-order valence-corrected chi connectivity index (χ4v) is 4.37. The lowest BCUT2D eigenvalue weighted by Gasteiger charge is -2.37. The van der Waals surface area contributed by atoms with Crippen molar-refractivity contribution in [3.05, 3.63) is 48.5 Å².